The molecule has 2 aromatic carbocycles. The number of nitrogens with one attached hydrogen (secondary N) is 2. The summed E-state index contributed by atoms with van der Waals surface area (Å²) in [5, 5.41) is 9.37. The molecule has 4 amide bonds. The van der Waals surface area contributed by atoms with E-state index in [0.717, 1.165) is 11.3 Å². The van der Waals surface area contributed by atoms with Crippen molar-refractivity contribution in [3.05, 3.63) is 70.9 Å². The van der Waals surface area contributed by atoms with E-state index in [1.54, 1.807) is 35.1 Å². The number of amides is 4. The number of rotatable bonds is 5. The lowest BCUT2D eigenvalue weighted by atomic mass is 10.0. The minimum Gasteiger partial charge on any atom is -0.494 e. The van der Waals surface area contributed by atoms with Crippen LogP contribution < -0.4 is 15.4 Å². The molecule has 0 radical (unpaired) electrons. The van der Waals surface area contributed by atoms with Crippen LogP contribution in [-0.2, 0) is 9.59 Å². The van der Waals surface area contributed by atoms with Gasteiger partial charge in [-0.25, -0.2) is 9.48 Å². The summed E-state index contributed by atoms with van der Waals surface area (Å²) in [7, 11) is 0. The van der Waals surface area contributed by atoms with E-state index < -0.39 is 17.8 Å². The Labute approximate surface area is 182 Å². The first-order valence-electron chi connectivity index (χ1n) is 9.42. The summed E-state index contributed by atoms with van der Waals surface area (Å²) in [5.41, 5.74) is 2.38. The molecule has 1 saturated heterocycles. The topological polar surface area (TPSA) is 102 Å². The molecule has 3 aromatic rings. The normalized spacial score (nSPS) is 13.6. The highest BCUT2D eigenvalue weighted by molar-refractivity contribution is 6.31. The van der Waals surface area contributed by atoms with E-state index in [4.69, 9.17) is 16.3 Å². The fraction of sp³-hybridized carbons (Fsp3) is 0.0909. The molecule has 156 valence electrons. The number of hydrogen-bond acceptors (Lipinski definition) is 5. The van der Waals surface area contributed by atoms with Gasteiger partial charge < -0.3 is 4.74 Å². The Bertz CT molecular complexity index is 1180. The molecule has 1 aromatic heterocycles. The van der Waals surface area contributed by atoms with Crippen molar-refractivity contribution in [1.82, 2.24) is 20.4 Å². The van der Waals surface area contributed by atoms with Crippen LogP contribution in [0.4, 0.5) is 4.79 Å². The van der Waals surface area contributed by atoms with Crippen molar-refractivity contribution in [3.8, 4) is 22.7 Å². The highest BCUT2D eigenvalue weighted by atomic mass is 35.5. The number of imide groups is 2. The minimum absolute atomic E-state index is 0.192. The number of barbiturate groups is 1. The monoisotopic (exact) mass is 436 g/mol. The van der Waals surface area contributed by atoms with Gasteiger partial charge in [0.25, 0.3) is 11.8 Å². The smallest absolute Gasteiger partial charge is 0.328 e. The fourth-order valence-electron chi connectivity index (χ4n) is 3.08. The summed E-state index contributed by atoms with van der Waals surface area (Å²) in [4.78, 5) is 35.7. The van der Waals surface area contributed by atoms with Crippen molar-refractivity contribution in [3.63, 3.8) is 0 Å². The third-order valence-corrected chi connectivity index (χ3v) is 4.77. The lowest BCUT2D eigenvalue weighted by molar-refractivity contribution is -0.123. The lowest BCUT2D eigenvalue weighted by Crippen LogP contribution is -2.51. The first-order chi connectivity index (χ1) is 14.9. The predicted octanol–water partition coefficient (Wildman–Crippen LogP) is 3.34. The van der Waals surface area contributed by atoms with Crippen LogP contribution in [0.15, 0.2) is 60.3 Å². The van der Waals surface area contributed by atoms with Gasteiger partial charge in [-0.15, -0.1) is 0 Å². The van der Waals surface area contributed by atoms with E-state index in [9.17, 15) is 14.4 Å². The molecule has 0 saturated carbocycles. The van der Waals surface area contributed by atoms with Gasteiger partial charge in [0.2, 0.25) is 0 Å². The molecule has 0 spiro atoms. The zero-order chi connectivity index (χ0) is 22.0. The molecular weight excluding hydrogens is 420 g/mol. The zero-order valence-corrected chi connectivity index (χ0v) is 17.1. The molecule has 2 heterocycles. The van der Waals surface area contributed by atoms with Crippen molar-refractivity contribution in [2.24, 2.45) is 0 Å². The Kier molecular flexibility index (Phi) is 5.55. The summed E-state index contributed by atoms with van der Waals surface area (Å²) < 4.78 is 7.11. The highest BCUT2D eigenvalue weighted by Gasteiger charge is 2.28. The van der Waals surface area contributed by atoms with Gasteiger partial charge >= 0.3 is 6.03 Å². The highest BCUT2D eigenvalue weighted by Crippen LogP contribution is 2.28. The van der Waals surface area contributed by atoms with E-state index in [2.05, 4.69) is 15.7 Å². The van der Waals surface area contributed by atoms with Crippen LogP contribution in [0.1, 0.15) is 12.5 Å². The van der Waals surface area contributed by atoms with E-state index in [-0.39, 0.29) is 5.57 Å². The maximum Gasteiger partial charge on any atom is 0.328 e. The SMILES string of the molecule is CCOc1ccc(-c2nn(-c3ccc(Cl)cc3)cc2C=C2C(=O)NC(=O)NC2=O)cc1. The average Bonchev–Trinajstić information content (AvgIpc) is 3.16. The molecule has 0 bridgehead atoms. The molecule has 1 aliphatic rings. The van der Waals surface area contributed by atoms with Crippen LogP contribution in [0.25, 0.3) is 23.0 Å². The molecule has 0 unspecified atom stereocenters. The van der Waals surface area contributed by atoms with Gasteiger partial charge in [-0.05, 0) is 61.5 Å². The van der Waals surface area contributed by atoms with Crippen molar-refractivity contribution < 1.29 is 19.1 Å². The Hall–Kier alpha value is -3.91. The molecular formula is C22H17ClN4O4. The second-order valence-electron chi connectivity index (χ2n) is 6.61. The first-order valence-corrected chi connectivity index (χ1v) is 9.79. The summed E-state index contributed by atoms with van der Waals surface area (Å²) >= 11 is 5.98. The first kappa shape index (κ1) is 20.4. The van der Waals surface area contributed by atoms with Gasteiger partial charge in [0.05, 0.1) is 18.0 Å². The third kappa shape index (κ3) is 4.34. The average molecular weight is 437 g/mol. The van der Waals surface area contributed by atoms with Crippen LogP contribution >= 0.6 is 11.6 Å². The Morgan fingerprint density at radius 1 is 1.00 bits per heavy atom. The molecule has 31 heavy (non-hydrogen) atoms. The van der Waals surface area contributed by atoms with Gasteiger partial charge in [-0.2, -0.15) is 5.10 Å². The molecule has 2 N–H and O–H groups in total. The molecule has 4 rings (SSSR count). The number of halogens is 1. The number of hydrogen-bond donors (Lipinski definition) is 2. The van der Waals surface area contributed by atoms with Crippen LogP contribution in [0, 0.1) is 0 Å². The number of urea groups is 1. The van der Waals surface area contributed by atoms with Crippen LogP contribution in [0.3, 0.4) is 0 Å². The number of benzene rings is 2. The molecule has 9 heteroatoms. The quantitative estimate of drug-likeness (QED) is 0.471. The number of carbonyl (C=O) groups is 3. The molecule has 0 atom stereocenters. The van der Waals surface area contributed by atoms with Gasteiger partial charge in [-0.3, -0.25) is 20.2 Å². The summed E-state index contributed by atoms with van der Waals surface area (Å²) in [6, 6.07) is 13.5. The molecule has 0 aliphatic carbocycles. The molecule has 1 fully saturated rings. The largest absolute Gasteiger partial charge is 0.494 e. The Morgan fingerprint density at radius 3 is 2.26 bits per heavy atom. The van der Waals surface area contributed by atoms with Crippen LogP contribution in [0.5, 0.6) is 5.75 Å². The summed E-state index contributed by atoms with van der Waals surface area (Å²) in [6.07, 6.45) is 3.10. The summed E-state index contributed by atoms with van der Waals surface area (Å²) in [5.74, 6) is -0.830. The Morgan fingerprint density at radius 2 is 1.65 bits per heavy atom. The number of aromatic nitrogens is 2. The fourth-order valence-corrected chi connectivity index (χ4v) is 3.21. The lowest BCUT2D eigenvalue weighted by Gasteiger charge is -2.13. The Balaban J connectivity index is 1.81. The third-order valence-electron chi connectivity index (χ3n) is 4.52. The molecule has 1 aliphatic heterocycles. The van der Waals surface area contributed by atoms with Crippen LogP contribution in [-0.4, -0.2) is 34.2 Å². The van der Waals surface area contributed by atoms with Gasteiger partial charge in [0.1, 0.15) is 11.3 Å². The number of carbonyl (C=O) groups excluding carboxylic acids is 3. The zero-order valence-electron chi connectivity index (χ0n) is 16.4. The van der Waals surface area contributed by atoms with Gasteiger partial charge in [0.15, 0.2) is 0 Å². The van der Waals surface area contributed by atoms with Crippen LogP contribution in [0.2, 0.25) is 5.02 Å². The standard InChI is InChI=1S/C22H17ClN4O4/c1-2-31-17-9-3-13(4-10-17)19-14(11-18-20(28)24-22(30)25-21(18)29)12-27(26-19)16-7-5-15(23)6-8-16/h3-12H,2H2,1H3,(H2,24,25,28,29,30). The number of nitrogens with zero attached hydrogens (tertiary/aromatic N) is 2. The van der Waals surface area contributed by atoms with Gasteiger partial charge in [0, 0.05) is 22.3 Å². The van der Waals surface area contributed by atoms with E-state index in [0.29, 0.717) is 28.6 Å². The minimum atomic E-state index is -0.851. The predicted molar refractivity (Wildman–Crippen MR) is 115 cm³/mol. The van der Waals surface area contributed by atoms with Gasteiger partial charge in [-0.1, -0.05) is 11.6 Å². The van der Waals surface area contributed by atoms with Crippen molar-refractivity contribution in [2.45, 2.75) is 6.92 Å². The molecule has 8 nitrogen and oxygen atoms in total. The second kappa shape index (κ2) is 8.45. The number of ether oxygens (including phenoxy) is 1. The maximum absolute atomic E-state index is 12.2. The van der Waals surface area contributed by atoms with E-state index >= 15 is 0 Å². The van der Waals surface area contributed by atoms with Crippen molar-refractivity contribution in [1.29, 1.82) is 0 Å². The maximum atomic E-state index is 12.2. The van der Waals surface area contributed by atoms with E-state index in [1.165, 1.54) is 6.08 Å². The summed E-state index contributed by atoms with van der Waals surface area (Å²) in [6.45, 7) is 2.45. The van der Waals surface area contributed by atoms with Crippen molar-refractivity contribution in [2.75, 3.05) is 6.61 Å². The van der Waals surface area contributed by atoms with E-state index in [1.807, 2.05) is 31.2 Å². The second-order valence-corrected chi connectivity index (χ2v) is 7.04. The van der Waals surface area contributed by atoms with Crippen molar-refractivity contribution >= 4 is 35.5 Å².